The molecule has 41 heavy (non-hydrogen) atoms. The molecule has 11 nitrogen and oxygen atoms in total. The summed E-state index contributed by atoms with van der Waals surface area (Å²) in [5.41, 5.74) is 2.60. The quantitative estimate of drug-likeness (QED) is 0.155. The summed E-state index contributed by atoms with van der Waals surface area (Å²) in [6.45, 7) is 5.32. The van der Waals surface area contributed by atoms with E-state index in [0.717, 1.165) is 10.8 Å². The number of nitrogens with zero attached hydrogens (tertiary/aromatic N) is 4. The van der Waals surface area contributed by atoms with Gasteiger partial charge in [-0.15, -0.1) is 0 Å². The summed E-state index contributed by atoms with van der Waals surface area (Å²) in [5.74, 6) is 0.969. The van der Waals surface area contributed by atoms with Crippen molar-refractivity contribution in [1.29, 1.82) is 0 Å². The highest BCUT2D eigenvalue weighted by Crippen LogP contribution is 2.46. The number of nitrogens with one attached hydrogen (secondary N) is 2. The van der Waals surface area contributed by atoms with Crippen molar-refractivity contribution in [1.82, 2.24) is 19.7 Å². The Kier molecular flexibility index (Phi) is 10.0. The van der Waals surface area contributed by atoms with Crippen LogP contribution in [0.3, 0.4) is 0 Å². The van der Waals surface area contributed by atoms with Crippen molar-refractivity contribution in [2.24, 2.45) is 0 Å². The monoisotopic (exact) mass is 600 g/mol. The number of carbonyl (C=O) groups is 1. The maximum absolute atomic E-state index is 12.1. The molecule has 13 heteroatoms. The van der Waals surface area contributed by atoms with Gasteiger partial charge in [0.2, 0.25) is 5.91 Å². The lowest BCUT2D eigenvalue weighted by molar-refractivity contribution is -0.111. The van der Waals surface area contributed by atoms with E-state index in [1.54, 1.807) is 37.4 Å². The van der Waals surface area contributed by atoms with Gasteiger partial charge >= 0.3 is 0 Å². The largest absolute Gasteiger partial charge is 0.495 e. The zero-order chi connectivity index (χ0) is 29.5. The first kappa shape index (κ1) is 30.1. The third kappa shape index (κ3) is 6.38. The minimum atomic E-state index is -0.367. The minimum Gasteiger partial charge on any atom is -0.495 e. The summed E-state index contributed by atoms with van der Waals surface area (Å²) in [6.07, 6.45) is 4.47. The first-order valence-corrected chi connectivity index (χ1v) is 13.2. The second-order valence-corrected chi connectivity index (χ2v) is 9.42. The lowest BCUT2D eigenvalue weighted by atomic mass is 10.1. The van der Waals surface area contributed by atoms with Crippen LogP contribution < -0.4 is 20.1 Å². The highest BCUT2D eigenvalue weighted by atomic mass is 35.5. The highest BCUT2D eigenvalue weighted by molar-refractivity contribution is 6.41. The fourth-order valence-corrected chi connectivity index (χ4v) is 4.89. The van der Waals surface area contributed by atoms with E-state index in [9.17, 15) is 4.79 Å². The second-order valence-electron chi connectivity index (χ2n) is 8.67. The number of pyridine rings is 2. The maximum Gasteiger partial charge on any atom is 0.247 e. The van der Waals surface area contributed by atoms with Gasteiger partial charge in [0.15, 0.2) is 0 Å². The van der Waals surface area contributed by atoms with Crippen molar-refractivity contribution in [2.45, 2.75) is 6.54 Å². The van der Waals surface area contributed by atoms with Crippen molar-refractivity contribution in [3.05, 3.63) is 53.3 Å². The van der Waals surface area contributed by atoms with Crippen molar-refractivity contribution >= 4 is 51.4 Å². The summed E-state index contributed by atoms with van der Waals surface area (Å²) in [7, 11) is 6.25. The van der Waals surface area contributed by atoms with Gasteiger partial charge in [-0.3, -0.25) is 14.5 Å². The molecule has 0 saturated heterocycles. The molecule has 1 aromatic carbocycles. The Morgan fingerprint density at radius 2 is 1.71 bits per heavy atom. The number of fused-ring (bicyclic) bond motifs is 1. The Bertz CT molecular complexity index is 1550. The molecule has 0 spiro atoms. The number of benzene rings is 1. The molecule has 1 amide bonds. The van der Waals surface area contributed by atoms with E-state index >= 15 is 0 Å². The molecule has 4 aromatic rings. The van der Waals surface area contributed by atoms with Crippen LogP contribution in [0.2, 0.25) is 10.0 Å². The Labute approximate surface area is 247 Å². The smallest absolute Gasteiger partial charge is 0.247 e. The molecular formula is C28H30Cl2N6O5. The van der Waals surface area contributed by atoms with Crippen LogP contribution in [-0.4, -0.2) is 73.9 Å². The van der Waals surface area contributed by atoms with Crippen molar-refractivity contribution in [3.63, 3.8) is 0 Å². The molecule has 4 rings (SSSR count). The molecular weight excluding hydrogens is 571 g/mol. The fourth-order valence-electron chi connectivity index (χ4n) is 4.20. The third-order valence-electron chi connectivity index (χ3n) is 6.18. The Morgan fingerprint density at radius 1 is 1.00 bits per heavy atom. The first-order chi connectivity index (χ1) is 19.9. The number of aromatic nitrogens is 4. The summed E-state index contributed by atoms with van der Waals surface area (Å²) in [4.78, 5) is 21.8. The number of methoxy groups -OCH3 is 4. The van der Waals surface area contributed by atoms with Gasteiger partial charge in [-0.2, -0.15) is 5.10 Å². The van der Waals surface area contributed by atoms with E-state index in [-0.39, 0.29) is 5.91 Å². The number of amides is 1. The number of hydrogen-bond acceptors (Lipinski definition) is 9. The predicted octanol–water partition coefficient (Wildman–Crippen LogP) is 5.31. The van der Waals surface area contributed by atoms with Crippen LogP contribution in [0.5, 0.6) is 11.5 Å². The lowest BCUT2D eigenvalue weighted by Crippen LogP contribution is -2.12. The molecule has 0 saturated carbocycles. The van der Waals surface area contributed by atoms with Gasteiger partial charge in [-0.05, 0) is 18.2 Å². The molecule has 3 aromatic heterocycles. The molecule has 0 aliphatic heterocycles. The number of hydrogen-bond donors (Lipinski definition) is 2. The Morgan fingerprint density at radius 3 is 2.34 bits per heavy atom. The normalized spacial score (nSPS) is 11.0. The van der Waals surface area contributed by atoms with Crippen LogP contribution in [0.15, 0.2) is 43.2 Å². The molecule has 0 fully saturated rings. The molecule has 0 unspecified atom stereocenters. The topological polar surface area (TPSA) is 122 Å². The average molecular weight is 601 g/mol. The van der Waals surface area contributed by atoms with Crippen LogP contribution in [-0.2, 0) is 20.8 Å². The van der Waals surface area contributed by atoms with Gasteiger partial charge in [-0.25, -0.2) is 4.98 Å². The van der Waals surface area contributed by atoms with E-state index in [2.05, 4.69) is 22.3 Å². The molecule has 0 aliphatic rings. The molecule has 3 heterocycles. The summed E-state index contributed by atoms with van der Waals surface area (Å²) >= 11 is 13.4. The summed E-state index contributed by atoms with van der Waals surface area (Å²) < 4.78 is 23.1. The van der Waals surface area contributed by atoms with Gasteiger partial charge in [0.1, 0.15) is 23.0 Å². The van der Waals surface area contributed by atoms with Crippen LogP contribution in [0.1, 0.15) is 0 Å². The maximum atomic E-state index is 12.1. The van der Waals surface area contributed by atoms with Crippen molar-refractivity contribution in [3.8, 4) is 34.1 Å². The number of rotatable bonds is 13. The van der Waals surface area contributed by atoms with E-state index in [1.165, 1.54) is 20.3 Å². The summed E-state index contributed by atoms with van der Waals surface area (Å²) in [5, 5.41) is 12.7. The number of halogens is 2. The van der Waals surface area contributed by atoms with Gasteiger partial charge in [-0.1, -0.05) is 29.8 Å². The van der Waals surface area contributed by atoms with Crippen LogP contribution in [0.25, 0.3) is 33.4 Å². The van der Waals surface area contributed by atoms with E-state index in [4.69, 9.17) is 52.1 Å². The van der Waals surface area contributed by atoms with Crippen molar-refractivity contribution < 1.29 is 23.7 Å². The molecule has 2 N–H and O–H groups in total. The van der Waals surface area contributed by atoms with Gasteiger partial charge in [0.25, 0.3) is 0 Å². The lowest BCUT2D eigenvalue weighted by Gasteiger charge is -2.17. The Hall–Kier alpha value is -3.90. The molecule has 0 atom stereocenters. The van der Waals surface area contributed by atoms with Crippen LogP contribution in [0, 0.1) is 0 Å². The highest BCUT2D eigenvalue weighted by Gasteiger charge is 2.22. The fraction of sp³-hybridized carbons (Fsp3) is 0.286. The van der Waals surface area contributed by atoms with E-state index in [0.29, 0.717) is 82.0 Å². The number of anilines is 2. The van der Waals surface area contributed by atoms with Crippen LogP contribution in [0.4, 0.5) is 11.5 Å². The molecule has 0 aliphatic carbocycles. The van der Waals surface area contributed by atoms with Gasteiger partial charge in [0.05, 0.1) is 67.3 Å². The van der Waals surface area contributed by atoms with E-state index < -0.39 is 0 Å². The first-order valence-electron chi connectivity index (χ1n) is 12.5. The van der Waals surface area contributed by atoms with Crippen molar-refractivity contribution in [2.75, 3.05) is 58.8 Å². The SMILES string of the molecule is C=CC(=O)Nc1cnn(CCOC)c1-c1cc2c(NCCOC)nc(-c3c(Cl)c(OC)cc(OC)c3Cl)cc2cn1. The zero-order valence-electron chi connectivity index (χ0n) is 23.1. The van der Waals surface area contributed by atoms with Gasteiger partial charge in [0, 0.05) is 49.4 Å². The minimum absolute atomic E-state index is 0.294. The number of carbonyl (C=O) groups excluding carboxylic acids is 1. The summed E-state index contributed by atoms with van der Waals surface area (Å²) in [6, 6.07) is 5.33. The third-order valence-corrected chi connectivity index (χ3v) is 6.93. The Balaban J connectivity index is 1.93. The molecule has 0 radical (unpaired) electrons. The second kappa shape index (κ2) is 13.6. The molecule has 216 valence electrons. The standard InChI is InChI=1S/C28H30Cl2N6O5/c1-6-23(37)34-20-15-33-36(8-10-39-3)27(20)19-12-17-16(14-32-19)11-18(35-28(17)31-7-9-38-2)24-25(29)21(40-4)13-22(41-5)26(24)30/h6,11-15H,1,7-10H2,2-5H3,(H,31,35)(H,34,37). The molecule has 0 bridgehead atoms. The average Bonchev–Trinajstić information content (AvgIpc) is 3.38. The van der Waals surface area contributed by atoms with E-state index in [1.807, 2.05) is 12.1 Å². The van der Waals surface area contributed by atoms with Crippen LogP contribution >= 0.6 is 23.2 Å². The number of ether oxygens (including phenoxy) is 4. The van der Waals surface area contributed by atoms with Gasteiger partial charge < -0.3 is 29.6 Å². The zero-order valence-corrected chi connectivity index (χ0v) is 24.6. The predicted molar refractivity (Wildman–Crippen MR) is 160 cm³/mol.